The van der Waals surface area contributed by atoms with Gasteiger partial charge in [0.05, 0.1) is 0 Å². The lowest BCUT2D eigenvalue weighted by atomic mass is 9.83. The van der Waals surface area contributed by atoms with Crippen molar-refractivity contribution >= 4 is 0 Å². The van der Waals surface area contributed by atoms with Gasteiger partial charge < -0.3 is 5.32 Å². The summed E-state index contributed by atoms with van der Waals surface area (Å²) in [6.07, 6.45) is 10.1. The van der Waals surface area contributed by atoms with E-state index < -0.39 is 0 Å². The first kappa shape index (κ1) is 8.55. The first-order valence-corrected chi connectivity index (χ1v) is 5.62. The van der Waals surface area contributed by atoms with Crippen molar-refractivity contribution in [3.05, 3.63) is 0 Å². The Morgan fingerprint density at radius 2 is 1.67 bits per heavy atom. The average Bonchev–Trinajstić information content (AvgIpc) is 2.00. The van der Waals surface area contributed by atoms with Crippen molar-refractivity contribution in [2.75, 3.05) is 0 Å². The van der Waals surface area contributed by atoms with E-state index >= 15 is 0 Å². The van der Waals surface area contributed by atoms with Gasteiger partial charge in [0.1, 0.15) is 0 Å². The standard InChI is InChI=1S/C11H21N/c1-9-5-2-3-8-11(9)12-10-6-4-7-10/h9-12H,2-8H2,1H3. The summed E-state index contributed by atoms with van der Waals surface area (Å²) < 4.78 is 0. The summed E-state index contributed by atoms with van der Waals surface area (Å²) in [7, 11) is 0. The minimum absolute atomic E-state index is 0.851. The van der Waals surface area contributed by atoms with E-state index in [0.29, 0.717) is 0 Å². The van der Waals surface area contributed by atoms with Crippen LogP contribution in [-0.2, 0) is 0 Å². The van der Waals surface area contributed by atoms with Gasteiger partial charge in [0.15, 0.2) is 0 Å². The summed E-state index contributed by atoms with van der Waals surface area (Å²) in [5.41, 5.74) is 0. The van der Waals surface area contributed by atoms with Gasteiger partial charge in [-0.1, -0.05) is 26.2 Å². The minimum Gasteiger partial charge on any atom is -0.311 e. The molecule has 1 nitrogen and oxygen atoms in total. The molecule has 0 aromatic heterocycles. The monoisotopic (exact) mass is 167 g/mol. The molecule has 0 bridgehead atoms. The van der Waals surface area contributed by atoms with Crippen molar-refractivity contribution in [3.8, 4) is 0 Å². The normalized spacial score (nSPS) is 37.8. The Balaban J connectivity index is 1.76. The van der Waals surface area contributed by atoms with Gasteiger partial charge in [0, 0.05) is 12.1 Å². The smallest absolute Gasteiger partial charge is 0.00952 e. The zero-order valence-corrected chi connectivity index (χ0v) is 8.18. The van der Waals surface area contributed by atoms with Gasteiger partial charge in [-0.15, -0.1) is 0 Å². The van der Waals surface area contributed by atoms with Crippen LogP contribution in [0.15, 0.2) is 0 Å². The molecule has 2 saturated carbocycles. The fourth-order valence-electron chi connectivity index (χ4n) is 2.44. The highest BCUT2D eigenvalue weighted by molar-refractivity contribution is 4.85. The fourth-order valence-corrected chi connectivity index (χ4v) is 2.44. The van der Waals surface area contributed by atoms with Crippen LogP contribution in [0.25, 0.3) is 0 Å². The van der Waals surface area contributed by atoms with Gasteiger partial charge in [-0.25, -0.2) is 0 Å². The summed E-state index contributed by atoms with van der Waals surface area (Å²) in [4.78, 5) is 0. The molecule has 2 unspecified atom stereocenters. The number of hydrogen-bond donors (Lipinski definition) is 1. The Labute approximate surface area is 75.9 Å². The highest BCUT2D eigenvalue weighted by Crippen LogP contribution is 2.27. The molecular formula is C11H21N. The number of nitrogens with one attached hydrogen (secondary N) is 1. The van der Waals surface area contributed by atoms with E-state index in [4.69, 9.17) is 0 Å². The quantitative estimate of drug-likeness (QED) is 0.667. The Hall–Kier alpha value is -0.0400. The van der Waals surface area contributed by atoms with E-state index in [1.807, 2.05) is 0 Å². The van der Waals surface area contributed by atoms with Crippen molar-refractivity contribution in [2.45, 2.75) is 64.0 Å². The highest BCUT2D eigenvalue weighted by atomic mass is 15.0. The molecule has 0 aliphatic heterocycles. The van der Waals surface area contributed by atoms with Gasteiger partial charge in [0.2, 0.25) is 0 Å². The van der Waals surface area contributed by atoms with Crippen LogP contribution >= 0.6 is 0 Å². The molecule has 2 fully saturated rings. The summed E-state index contributed by atoms with van der Waals surface area (Å²) in [6.45, 7) is 2.41. The minimum atomic E-state index is 0.851. The van der Waals surface area contributed by atoms with Crippen molar-refractivity contribution in [3.63, 3.8) is 0 Å². The average molecular weight is 167 g/mol. The maximum Gasteiger partial charge on any atom is 0.00952 e. The van der Waals surface area contributed by atoms with Crippen molar-refractivity contribution in [1.82, 2.24) is 5.32 Å². The van der Waals surface area contributed by atoms with E-state index in [0.717, 1.165) is 18.0 Å². The van der Waals surface area contributed by atoms with E-state index in [1.165, 1.54) is 44.9 Å². The Morgan fingerprint density at radius 3 is 2.25 bits per heavy atom. The van der Waals surface area contributed by atoms with Crippen LogP contribution in [0.3, 0.4) is 0 Å². The summed E-state index contributed by atoms with van der Waals surface area (Å²) in [5.74, 6) is 0.930. The largest absolute Gasteiger partial charge is 0.311 e. The molecule has 0 heterocycles. The molecule has 1 heteroatoms. The molecule has 2 rings (SSSR count). The maximum absolute atomic E-state index is 3.81. The second-order valence-electron chi connectivity index (χ2n) is 4.66. The first-order valence-electron chi connectivity index (χ1n) is 5.62. The topological polar surface area (TPSA) is 12.0 Å². The zero-order valence-electron chi connectivity index (χ0n) is 8.18. The second kappa shape index (κ2) is 3.78. The summed E-state index contributed by atoms with van der Waals surface area (Å²) in [5, 5.41) is 3.81. The Kier molecular flexibility index (Phi) is 2.69. The van der Waals surface area contributed by atoms with Crippen molar-refractivity contribution < 1.29 is 0 Å². The molecule has 0 radical (unpaired) electrons. The third-order valence-electron chi connectivity index (χ3n) is 3.67. The molecule has 0 spiro atoms. The molecule has 2 atom stereocenters. The lowest BCUT2D eigenvalue weighted by Gasteiger charge is -2.36. The van der Waals surface area contributed by atoms with Gasteiger partial charge in [-0.2, -0.15) is 0 Å². The fraction of sp³-hybridized carbons (Fsp3) is 1.00. The molecule has 12 heavy (non-hydrogen) atoms. The van der Waals surface area contributed by atoms with E-state index in [9.17, 15) is 0 Å². The van der Waals surface area contributed by atoms with Crippen LogP contribution < -0.4 is 5.32 Å². The molecule has 2 aliphatic rings. The number of hydrogen-bond acceptors (Lipinski definition) is 1. The van der Waals surface area contributed by atoms with E-state index in [2.05, 4.69) is 12.2 Å². The Morgan fingerprint density at radius 1 is 0.917 bits per heavy atom. The van der Waals surface area contributed by atoms with Crippen LogP contribution in [0, 0.1) is 5.92 Å². The van der Waals surface area contributed by atoms with Crippen molar-refractivity contribution in [2.24, 2.45) is 5.92 Å². The van der Waals surface area contributed by atoms with Crippen molar-refractivity contribution in [1.29, 1.82) is 0 Å². The van der Waals surface area contributed by atoms with Crippen LogP contribution in [0.4, 0.5) is 0 Å². The van der Waals surface area contributed by atoms with Gasteiger partial charge in [-0.05, 0) is 31.6 Å². The third kappa shape index (κ3) is 1.82. The van der Waals surface area contributed by atoms with Gasteiger partial charge in [-0.3, -0.25) is 0 Å². The van der Waals surface area contributed by atoms with Crippen LogP contribution in [0.1, 0.15) is 51.9 Å². The highest BCUT2D eigenvalue weighted by Gasteiger charge is 2.26. The first-order chi connectivity index (χ1) is 5.86. The second-order valence-corrected chi connectivity index (χ2v) is 4.66. The predicted molar refractivity (Wildman–Crippen MR) is 52.2 cm³/mol. The van der Waals surface area contributed by atoms with E-state index in [-0.39, 0.29) is 0 Å². The lowest BCUT2D eigenvalue weighted by Crippen LogP contribution is -2.46. The molecule has 70 valence electrons. The molecule has 0 aromatic carbocycles. The van der Waals surface area contributed by atoms with Crippen LogP contribution in [0.2, 0.25) is 0 Å². The Bertz CT molecular complexity index is 140. The van der Waals surface area contributed by atoms with Crippen LogP contribution in [-0.4, -0.2) is 12.1 Å². The lowest BCUT2D eigenvalue weighted by molar-refractivity contribution is 0.218. The van der Waals surface area contributed by atoms with Gasteiger partial charge in [0.25, 0.3) is 0 Å². The molecular weight excluding hydrogens is 146 g/mol. The molecule has 0 aromatic rings. The summed E-state index contributed by atoms with van der Waals surface area (Å²) in [6, 6.07) is 1.74. The van der Waals surface area contributed by atoms with Gasteiger partial charge >= 0.3 is 0 Å². The van der Waals surface area contributed by atoms with E-state index in [1.54, 1.807) is 0 Å². The maximum atomic E-state index is 3.81. The molecule has 0 amide bonds. The SMILES string of the molecule is CC1CCCCC1NC1CCC1. The summed E-state index contributed by atoms with van der Waals surface area (Å²) >= 11 is 0. The van der Waals surface area contributed by atoms with Crippen LogP contribution in [0.5, 0.6) is 0 Å². The predicted octanol–water partition coefficient (Wildman–Crippen LogP) is 2.71. The third-order valence-corrected chi connectivity index (χ3v) is 3.67. The number of rotatable bonds is 2. The molecule has 1 N–H and O–H groups in total. The molecule has 2 aliphatic carbocycles. The zero-order chi connectivity index (χ0) is 8.39. The molecule has 0 saturated heterocycles.